The highest BCUT2D eigenvalue weighted by Gasteiger charge is 2.38. The van der Waals surface area contributed by atoms with Gasteiger partial charge < -0.3 is 9.88 Å². The largest absolute Gasteiger partial charge is 0.356 e. The van der Waals surface area contributed by atoms with Gasteiger partial charge in [-0.3, -0.25) is 0 Å². The third-order valence-electron chi connectivity index (χ3n) is 7.37. The highest BCUT2D eigenvalue weighted by atomic mass is 32.2. The SMILES string of the molecule is CC[C]1CCCN(S(=O)(=O)C[C@H]2CC[C@H](N(C)c3ncnc4[nH]ccc34)CC2)C1CC. The molecular formula is C23H36N5O2S. The first-order valence-electron chi connectivity index (χ1n) is 11.8. The van der Waals surface area contributed by atoms with E-state index in [1.165, 1.54) is 5.92 Å². The zero-order valence-electron chi connectivity index (χ0n) is 19.0. The second kappa shape index (κ2) is 9.45. The second-order valence-corrected chi connectivity index (χ2v) is 11.1. The molecule has 2 aliphatic rings. The molecule has 2 fully saturated rings. The van der Waals surface area contributed by atoms with Crippen molar-refractivity contribution in [1.29, 1.82) is 0 Å². The third-order valence-corrected chi connectivity index (χ3v) is 9.42. The van der Waals surface area contributed by atoms with E-state index >= 15 is 0 Å². The molecule has 1 saturated carbocycles. The lowest BCUT2D eigenvalue weighted by Gasteiger charge is -2.41. The van der Waals surface area contributed by atoms with Crippen LogP contribution >= 0.6 is 0 Å². The van der Waals surface area contributed by atoms with Crippen LogP contribution in [0.3, 0.4) is 0 Å². The van der Waals surface area contributed by atoms with Crippen LogP contribution in [0.1, 0.15) is 65.2 Å². The highest BCUT2D eigenvalue weighted by molar-refractivity contribution is 7.89. The average Bonchev–Trinajstić information content (AvgIpc) is 3.27. The van der Waals surface area contributed by atoms with E-state index in [1.807, 2.05) is 16.6 Å². The van der Waals surface area contributed by atoms with Crippen molar-refractivity contribution in [2.75, 3.05) is 24.2 Å². The fourth-order valence-electron chi connectivity index (χ4n) is 5.63. The predicted octanol–water partition coefficient (Wildman–Crippen LogP) is 4.14. The number of anilines is 1. The van der Waals surface area contributed by atoms with E-state index in [0.717, 1.165) is 68.2 Å². The van der Waals surface area contributed by atoms with Gasteiger partial charge in [0.1, 0.15) is 17.8 Å². The molecule has 1 aliphatic heterocycles. The van der Waals surface area contributed by atoms with Crippen molar-refractivity contribution in [3.05, 3.63) is 24.5 Å². The Hall–Kier alpha value is -1.67. The Morgan fingerprint density at radius 3 is 2.68 bits per heavy atom. The van der Waals surface area contributed by atoms with Crippen LogP contribution in [-0.4, -0.2) is 59.1 Å². The van der Waals surface area contributed by atoms with Gasteiger partial charge in [-0.05, 0) is 69.3 Å². The number of rotatable bonds is 7. The lowest BCUT2D eigenvalue weighted by molar-refractivity contribution is 0.258. The van der Waals surface area contributed by atoms with Crippen LogP contribution in [0.2, 0.25) is 0 Å². The van der Waals surface area contributed by atoms with Gasteiger partial charge in [0, 0.05) is 31.9 Å². The minimum Gasteiger partial charge on any atom is -0.356 e. The molecule has 1 N–H and O–H groups in total. The number of nitrogens with one attached hydrogen (secondary N) is 1. The Kier molecular flexibility index (Phi) is 6.86. The number of hydrogen-bond acceptors (Lipinski definition) is 5. The van der Waals surface area contributed by atoms with Gasteiger partial charge in [0.25, 0.3) is 0 Å². The topological polar surface area (TPSA) is 82.2 Å². The summed E-state index contributed by atoms with van der Waals surface area (Å²) in [5.74, 6) is 2.90. The van der Waals surface area contributed by atoms with E-state index in [2.05, 4.69) is 40.7 Å². The molecular weight excluding hydrogens is 410 g/mol. The molecule has 2 aromatic heterocycles. The summed E-state index contributed by atoms with van der Waals surface area (Å²) in [5, 5.41) is 1.04. The Morgan fingerprint density at radius 1 is 1.19 bits per heavy atom. The summed E-state index contributed by atoms with van der Waals surface area (Å²) in [4.78, 5) is 14.2. The Balaban J connectivity index is 1.38. The molecule has 8 heteroatoms. The Morgan fingerprint density at radius 2 is 1.97 bits per heavy atom. The number of aromatic amines is 1. The molecule has 0 bridgehead atoms. The lowest BCUT2D eigenvalue weighted by atomic mass is 9.86. The molecule has 171 valence electrons. The molecule has 0 spiro atoms. The summed E-state index contributed by atoms with van der Waals surface area (Å²) < 4.78 is 28.5. The van der Waals surface area contributed by atoms with Crippen molar-refractivity contribution >= 4 is 26.9 Å². The molecule has 1 atom stereocenters. The summed E-state index contributed by atoms with van der Waals surface area (Å²) in [6, 6.07) is 2.50. The fraction of sp³-hybridized carbons (Fsp3) is 0.696. The third kappa shape index (κ3) is 4.60. The van der Waals surface area contributed by atoms with Crippen LogP contribution in [0.15, 0.2) is 18.6 Å². The fourth-order valence-corrected chi connectivity index (χ4v) is 7.84. The van der Waals surface area contributed by atoms with Gasteiger partial charge >= 0.3 is 0 Å². The maximum Gasteiger partial charge on any atom is 0.214 e. The van der Waals surface area contributed by atoms with Crippen LogP contribution in [0, 0.1) is 11.8 Å². The van der Waals surface area contributed by atoms with Crippen LogP contribution in [0.5, 0.6) is 0 Å². The average molecular weight is 447 g/mol. The molecule has 1 aliphatic carbocycles. The number of fused-ring (bicyclic) bond motifs is 1. The number of sulfonamides is 1. The van der Waals surface area contributed by atoms with Crippen LogP contribution in [-0.2, 0) is 10.0 Å². The number of nitrogens with zero attached hydrogens (tertiary/aromatic N) is 4. The molecule has 4 rings (SSSR count). The minimum atomic E-state index is -3.22. The monoisotopic (exact) mass is 446 g/mol. The van der Waals surface area contributed by atoms with E-state index in [1.54, 1.807) is 6.33 Å². The number of aromatic nitrogens is 3. The maximum absolute atomic E-state index is 13.3. The number of hydrogen-bond donors (Lipinski definition) is 1. The van der Waals surface area contributed by atoms with E-state index in [4.69, 9.17) is 0 Å². The maximum atomic E-state index is 13.3. The first-order chi connectivity index (χ1) is 14.9. The van der Waals surface area contributed by atoms with Crippen LogP contribution in [0.4, 0.5) is 5.82 Å². The van der Waals surface area contributed by atoms with E-state index < -0.39 is 10.0 Å². The molecule has 7 nitrogen and oxygen atoms in total. The van der Waals surface area contributed by atoms with Gasteiger partial charge in [-0.1, -0.05) is 13.8 Å². The van der Waals surface area contributed by atoms with Gasteiger partial charge in [0.2, 0.25) is 10.0 Å². The van der Waals surface area contributed by atoms with Crippen molar-refractivity contribution in [1.82, 2.24) is 19.3 Å². The van der Waals surface area contributed by atoms with Gasteiger partial charge in [-0.15, -0.1) is 0 Å². The van der Waals surface area contributed by atoms with Crippen LogP contribution in [0.25, 0.3) is 11.0 Å². The first kappa shape index (κ1) is 22.5. The molecule has 31 heavy (non-hydrogen) atoms. The quantitative estimate of drug-likeness (QED) is 0.691. The van der Waals surface area contributed by atoms with Crippen LogP contribution < -0.4 is 4.90 Å². The van der Waals surface area contributed by atoms with Gasteiger partial charge in [0.05, 0.1) is 11.1 Å². The number of H-pyrrole nitrogens is 1. The second-order valence-electron chi connectivity index (χ2n) is 9.15. The van der Waals surface area contributed by atoms with Crippen molar-refractivity contribution in [2.24, 2.45) is 5.92 Å². The summed E-state index contributed by atoms with van der Waals surface area (Å²) in [7, 11) is -1.13. The Bertz CT molecular complexity index is 967. The summed E-state index contributed by atoms with van der Waals surface area (Å²) in [6.45, 7) is 4.96. The smallest absolute Gasteiger partial charge is 0.214 e. The molecule has 0 amide bonds. The molecule has 1 unspecified atom stereocenters. The standard InChI is InChI=1S/C23H36N5O2S/c1-4-18-7-6-14-28(21(18)5-2)31(29,30)15-17-8-10-19(11-9-17)27(3)23-20-12-13-24-22(20)25-16-26-23/h12-13,16-17,19,21H,4-11,14-15H2,1-3H3,(H,24,25,26)/t17-,19-,21?. The predicted molar refractivity (Wildman–Crippen MR) is 125 cm³/mol. The Labute approximate surface area is 186 Å². The first-order valence-corrected chi connectivity index (χ1v) is 13.4. The molecule has 3 heterocycles. The van der Waals surface area contributed by atoms with Crippen molar-refractivity contribution in [3.8, 4) is 0 Å². The van der Waals surface area contributed by atoms with Crippen molar-refractivity contribution < 1.29 is 8.42 Å². The number of piperidine rings is 1. The summed E-state index contributed by atoms with van der Waals surface area (Å²) in [5.41, 5.74) is 0.854. The van der Waals surface area contributed by atoms with Gasteiger partial charge in [0.15, 0.2) is 0 Å². The van der Waals surface area contributed by atoms with E-state index in [0.29, 0.717) is 18.3 Å². The molecule has 2 aromatic rings. The normalized spacial score (nSPS) is 26.4. The summed E-state index contributed by atoms with van der Waals surface area (Å²) >= 11 is 0. The molecule has 1 saturated heterocycles. The van der Waals surface area contributed by atoms with Gasteiger partial charge in [-0.25, -0.2) is 18.4 Å². The highest BCUT2D eigenvalue weighted by Crippen LogP contribution is 2.35. The zero-order chi connectivity index (χ0) is 22.0. The minimum absolute atomic E-state index is 0.104. The van der Waals surface area contributed by atoms with Crippen molar-refractivity contribution in [2.45, 2.75) is 77.3 Å². The lowest BCUT2D eigenvalue weighted by Crippen LogP contribution is -2.49. The zero-order valence-corrected chi connectivity index (χ0v) is 19.9. The summed E-state index contributed by atoms with van der Waals surface area (Å²) in [6.07, 6.45) is 11.3. The van der Waals surface area contributed by atoms with E-state index in [9.17, 15) is 8.42 Å². The van der Waals surface area contributed by atoms with E-state index in [-0.39, 0.29) is 12.0 Å². The van der Waals surface area contributed by atoms with Crippen molar-refractivity contribution in [3.63, 3.8) is 0 Å². The molecule has 0 aromatic carbocycles. The van der Waals surface area contributed by atoms with Gasteiger partial charge in [-0.2, -0.15) is 4.31 Å². The molecule has 1 radical (unpaired) electrons.